The Labute approximate surface area is 138 Å². The molecule has 0 fully saturated rings. The molecule has 23 heavy (non-hydrogen) atoms. The van der Waals surface area contributed by atoms with Crippen LogP contribution in [-0.4, -0.2) is 31.4 Å². The van der Waals surface area contributed by atoms with Gasteiger partial charge in [-0.1, -0.05) is 36.4 Å². The van der Waals surface area contributed by atoms with Crippen LogP contribution in [-0.2, 0) is 12.8 Å². The summed E-state index contributed by atoms with van der Waals surface area (Å²) in [5.74, 6) is 0.00963. The fraction of sp³-hybridized carbons (Fsp3) is 0.350. The highest BCUT2D eigenvalue weighted by Gasteiger charge is 2.18. The van der Waals surface area contributed by atoms with Gasteiger partial charge in [-0.05, 0) is 62.2 Å². The van der Waals surface area contributed by atoms with E-state index in [1.807, 2.05) is 38.4 Å². The predicted octanol–water partition coefficient (Wildman–Crippen LogP) is 3.21. The summed E-state index contributed by atoms with van der Waals surface area (Å²) in [6.07, 6.45) is 3.44. The van der Waals surface area contributed by atoms with Crippen LogP contribution in [0.4, 0.5) is 0 Å². The van der Waals surface area contributed by atoms with Gasteiger partial charge in [0.1, 0.15) is 0 Å². The molecule has 1 unspecified atom stereocenters. The van der Waals surface area contributed by atoms with E-state index in [1.54, 1.807) is 0 Å². The van der Waals surface area contributed by atoms with Crippen molar-refractivity contribution >= 4 is 5.91 Å². The van der Waals surface area contributed by atoms with E-state index in [4.69, 9.17) is 0 Å². The molecule has 2 aromatic carbocycles. The van der Waals surface area contributed by atoms with E-state index >= 15 is 0 Å². The Kier molecular flexibility index (Phi) is 4.77. The zero-order valence-electron chi connectivity index (χ0n) is 13.9. The summed E-state index contributed by atoms with van der Waals surface area (Å²) in [6.45, 7) is 0.778. The molecular weight excluding hydrogens is 284 g/mol. The molecule has 0 radical (unpaired) electrons. The molecule has 120 valence electrons. The third-order valence-corrected chi connectivity index (χ3v) is 4.42. The number of fused-ring (bicyclic) bond motifs is 1. The van der Waals surface area contributed by atoms with Gasteiger partial charge in [-0.15, -0.1) is 0 Å². The van der Waals surface area contributed by atoms with Gasteiger partial charge >= 0.3 is 0 Å². The van der Waals surface area contributed by atoms with Gasteiger partial charge in [-0.25, -0.2) is 0 Å². The predicted molar refractivity (Wildman–Crippen MR) is 93.7 cm³/mol. The number of hydrogen-bond donors (Lipinski definition) is 1. The van der Waals surface area contributed by atoms with Crippen LogP contribution in [0.3, 0.4) is 0 Å². The average molecular weight is 308 g/mol. The van der Waals surface area contributed by atoms with Gasteiger partial charge in [-0.3, -0.25) is 4.79 Å². The molecule has 1 aliphatic rings. The van der Waals surface area contributed by atoms with Crippen LogP contribution in [0.1, 0.15) is 39.5 Å². The Hall–Kier alpha value is -2.13. The molecule has 2 aromatic rings. The molecular formula is C20H24N2O. The lowest BCUT2D eigenvalue weighted by molar-refractivity contribution is 0.0930. The summed E-state index contributed by atoms with van der Waals surface area (Å²) in [7, 11) is 4.05. The summed E-state index contributed by atoms with van der Waals surface area (Å²) in [4.78, 5) is 14.8. The number of benzene rings is 2. The molecule has 1 aliphatic carbocycles. The van der Waals surface area contributed by atoms with Crippen molar-refractivity contribution in [3.63, 3.8) is 0 Å². The van der Waals surface area contributed by atoms with E-state index in [9.17, 15) is 4.79 Å². The zero-order valence-corrected chi connectivity index (χ0v) is 13.9. The summed E-state index contributed by atoms with van der Waals surface area (Å²) in [6, 6.07) is 16.3. The summed E-state index contributed by atoms with van der Waals surface area (Å²) in [5, 5.41) is 3.19. The maximum atomic E-state index is 12.7. The van der Waals surface area contributed by atoms with Gasteiger partial charge in [0, 0.05) is 12.1 Å². The second-order valence-electron chi connectivity index (χ2n) is 6.54. The van der Waals surface area contributed by atoms with Gasteiger partial charge in [-0.2, -0.15) is 0 Å². The molecule has 0 saturated heterocycles. The number of rotatable bonds is 5. The number of nitrogens with one attached hydrogen (secondary N) is 1. The Morgan fingerprint density at radius 2 is 1.83 bits per heavy atom. The van der Waals surface area contributed by atoms with Crippen molar-refractivity contribution in [3.8, 4) is 0 Å². The number of hydrogen-bond acceptors (Lipinski definition) is 2. The molecule has 1 amide bonds. The first-order valence-electron chi connectivity index (χ1n) is 8.26. The average Bonchev–Trinajstić information content (AvgIpc) is 3.02. The number of nitrogens with zero attached hydrogens (tertiary/aromatic N) is 1. The normalized spacial score (nSPS) is 14.6. The van der Waals surface area contributed by atoms with Gasteiger partial charge in [0.25, 0.3) is 5.91 Å². The minimum absolute atomic E-state index is 0.00745. The fourth-order valence-corrected chi connectivity index (χ4v) is 3.24. The third kappa shape index (κ3) is 3.80. The highest BCUT2D eigenvalue weighted by Crippen LogP contribution is 2.23. The molecule has 0 spiro atoms. The maximum absolute atomic E-state index is 12.7. The second-order valence-corrected chi connectivity index (χ2v) is 6.54. The van der Waals surface area contributed by atoms with E-state index < -0.39 is 0 Å². The Bertz CT molecular complexity index is 679. The van der Waals surface area contributed by atoms with Crippen molar-refractivity contribution in [1.82, 2.24) is 10.2 Å². The topological polar surface area (TPSA) is 32.3 Å². The highest BCUT2D eigenvalue weighted by atomic mass is 16.1. The molecule has 3 rings (SSSR count). The smallest absolute Gasteiger partial charge is 0.251 e. The lowest BCUT2D eigenvalue weighted by Crippen LogP contribution is -2.35. The van der Waals surface area contributed by atoms with Gasteiger partial charge in [0.05, 0.1) is 6.04 Å². The Morgan fingerprint density at radius 1 is 1.09 bits per heavy atom. The van der Waals surface area contributed by atoms with Crippen LogP contribution in [0.15, 0.2) is 48.5 Å². The first-order chi connectivity index (χ1) is 11.1. The summed E-state index contributed by atoms with van der Waals surface area (Å²) in [5.41, 5.74) is 4.64. The highest BCUT2D eigenvalue weighted by molar-refractivity contribution is 5.94. The van der Waals surface area contributed by atoms with Gasteiger partial charge < -0.3 is 10.2 Å². The molecule has 0 bridgehead atoms. The minimum atomic E-state index is -0.00745. The molecule has 0 aromatic heterocycles. The SMILES string of the molecule is CN(C)CC(NC(=O)c1ccc2c(c1)CCC2)c1ccccc1. The van der Waals surface area contributed by atoms with Crippen LogP contribution in [0.25, 0.3) is 0 Å². The molecule has 1 N–H and O–H groups in total. The lowest BCUT2D eigenvalue weighted by atomic mass is 10.0. The van der Waals surface area contributed by atoms with Gasteiger partial charge in [0.15, 0.2) is 0 Å². The van der Waals surface area contributed by atoms with Crippen LogP contribution in [0, 0.1) is 0 Å². The van der Waals surface area contributed by atoms with E-state index in [0.717, 1.165) is 30.5 Å². The molecule has 3 heteroatoms. The molecule has 1 atom stereocenters. The number of likely N-dealkylation sites (N-methyl/N-ethyl adjacent to an activating group) is 1. The number of carbonyl (C=O) groups excluding carboxylic acids is 1. The van der Waals surface area contributed by atoms with Gasteiger partial charge in [0.2, 0.25) is 0 Å². The molecule has 0 saturated carbocycles. The Morgan fingerprint density at radius 3 is 2.57 bits per heavy atom. The van der Waals surface area contributed by atoms with Crippen molar-refractivity contribution in [2.75, 3.05) is 20.6 Å². The van der Waals surface area contributed by atoms with E-state index in [-0.39, 0.29) is 11.9 Å². The largest absolute Gasteiger partial charge is 0.344 e. The maximum Gasteiger partial charge on any atom is 0.251 e. The number of amides is 1. The standard InChI is InChI=1S/C20H24N2O/c1-22(2)14-19(16-7-4-3-5-8-16)21-20(23)18-12-11-15-9-6-10-17(15)13-18/h3-5,7-8,11-13,19H,6,9-10,14H2,1-2H3,(H,21,23). The third-order valence-electron chi connectivity index (χ3n) is 4.42. The fourth-order valence-electron chi connectivity index (χ4n) is 3.24. The zero-order chi connectivity index (χ0) is 16.2. The van der Waals surface area contributed by atoms with Crippen LogP contribution in [0.5, 0.6) is 0 Å². The second kappa shape index (κ2) is 6.97. The van der Waals surface area contributed by atoms with Crippen molar-refractivity contribution in [1.29, 1.82) is 0 Å². The monoisotopic (exact) mass is 308 g/mol. The van der Waals surface area contributed by atoms with Crippen molar-refractivity contribution < 1.29 is 4.79 Å². The summed E-state index contributed by atoms with van der Waals surface area (Å²) < 4.78 is 0. The lowest BCUT2D eigenvalue weighted by Gasteiger charge is -2.23. The van der Waals surface area contributed by atoms with Crippen molar-refractivity contribution in [2.45, 2.75) is 25.3 Å². The quantitative estimate of drug-likeness (QED) is 0.920. The van der Waals surface area contributed by atoms with Crippen LogP contribution in [0.2, 0.25) is 0 Å². The van der Waals surface area contributed by atoms with E-state index in [2.05, 4.69) is 34.5 Å². The molecule has 0 aliphatic heterocycles. The first-order valence-corrected chi connectivity index (χ1v) is 8.26. The van der Waals surface area contributed by atoms with Crippen LogP contribution >= 0.6 is 0 Å². The molecule has 3 nitrogen and oxygen atoms in total. The van der Waals surface area contributed by atoms with Crippen LogP contribution < -0.4 is 5.32 Å². The number of carbonyl (C=O) groups is 1. The molecule has 0 heterocycles. The first kappa shape index (κ1) is 15.8. The minimum Gasteiger partial charge on any atom is -0.344 e. The Balaban J connectivity index is 1.78. The van der Waals surface area contributed by atoms with Crippen molar-refractivity contribution in [3.05, 3.63) is 70.8 Å². The van der Waals surface area contributed by atoms with E-state index in [1.165, 1.54) is 17.5 Å². The summed E-state index contributed by atoms with van der Waals surface area (Å²) >= 11 is 0. The van der Waals surface area contributed by atoms with Crippen molar-refractivity contribution in [2.24, 2.45) is 0 Å². The number of aryl methyl sites for hydroxylation is 2. The van der Waals surface area contributed by atoms with E-state index in [0.29, 0.717) is 0 Å².